The van der Waals surface area contributed by atoms with Gasteiger partial charge in [0.05, 0.1) is 4.83 Å². The van der Waals surface area contributed by atoms with Gasteiger partial charge in [-0.1, -0.05) is 15.9 Å². The standard InChI is InChI=1S/C14H15BrN2O6S/c1-8(18)22-14-11(19)12(9-3-2-5-16-7-9)23-13(14)10(15)4-6-17-24(20)21/h2-3,5,7,10,19,24H,4,6H2,1H3,(H,17,20,21). The highest BCUT2D eigenvalue weighted by atomic mass is 79.9. The predicted octanol–water partition coefficient (Wildman–Crippen LogP) is 1.91. The van der Waals surface area contributed by atoms with Crippen LogP contribution in [0.1, 0.15) is 23.9 Å². The Bertz CT molecular complexity index is 782. The molecular formula is C14H15BrN2O6S. The Morgan fingerprint density at radius 3 is 2.88 bits per heavy atom. The molecule has 0 spiro atoms. The number of nitrogens with one attached hydrogen (secondary N) is 1. The van der Waals surface area contributed by atoms with Gasteiger partial charge in [-0.05, 0) is 18.6 Å². The van der Waals surface area contributed by atoms with Crippen LogP contribution in [0.3, 0.4) is 0 Å². The number of esters is 1. The molecule has 2 heterocycles. The van der Waals surface area contributed by atoms with E-state index in [-0.39, 0.29) is 29.6 Å². The summed E-state index contributed by atoms with van der Waals surface area (Å²) in [7, 11) is -2.70. The molecule has 10 heteroatoms. The van der Waals surface area contributed by atoms with Crippen molar-refractivity contribution in [3.8, 4) is 22.8 Å². The van der Waals surface area contributed by atoms with Crippen molar-refractivity contribution in [3.63, 3.8) is 0 Å². The molecule has 1 unspecified atom stereocenters. The molecule has 2 N–H and O–H groups in total. The van der Waals surface area contributed by atoms with Gasteiger partial charge in [0, 0.05) is 31.4 Å². The number of carbonyl (C=O) groups excluding carboxylic acids is 1. The minimum atomic E-state index is -2.70. The number of thiol groups is 1. The number of halogens is 1. The van der Waals surface area contributed by atoms with Gasteiger partial charge in [-0.2, -0.15) is 0 Å². The fourth-order valence-corrected chi connectivity index (χ4v) is 2.82. The van der Waals surface area contributed by atoms with Crippen LogP contribution < -0.4 is 9.46 Å². The molecule has 0 saturated heterocycles. The van der Waals surface area contributed by atoms with Crippen molar-refractivity contribution >= 4 is 32.8 Å². The van der Waals surface area contributed by atoms with Gasteiger partial charge in [0.2, 0.25) is 22.4 Å². The maximum Gasteiger partial charge on any atom is 0.308 e. The SMILES string of the molecule is CC(=O)Oc1c(C(Br)CCN[SH](=O)=O)oc(-c2cccnc2)c1O. The Hall–Kier alpha value is -1.91. The highest BCUT2D eigenvalue weighted by molar-refractivity contribution is 9.09. The smallest absolute Gasteiger partial charge is 0.308 e. The van der Waals surface area contributed by atoms with Gasteiger partial charge >= 0.3 is 5.97 Å². The molecule has 130 valence electrons. The van der Waals surface area contributed by atoms with E-state index in [2.05, 4.69) is 25.6 Å². The lowest BCUT2D eigenvalue weighted by molar-refractivity contribution is -0.132. The lowest BCUT2D eigenvalue weighted by atomic mass is 10.2. The van der Waals surface area contributed by atoms with Crippen LogP contribution in [0.5, 0.6) is 11.5 Å². The first-order valence-corrected chi connectivity index (χ1v) is 8.96. The summed E-state index contributed by atoms with van der Waals surface area (Å²) in [5, 5.41) is 10.3. The first kappa shape index (κ1) is 18.4. The second-order valence-corrected chi connectivity index (χ2v) is 6.67. The van der Waals surface area contributed by atoms with E-state index < -0.39 is 21.7 Å². The molecule has 0 aliphatic rings. The van der Waals surface area contributed by atoms with E-state index in [1.807, 2.05) is 0 Å². The maximum absolute atomic E-state index is 11.3. The molecule has 0 aliphatic carbocycles. The summed E-state index contributed by atoms with van der Waals surface area (Å²) >= 11 is 3.35. The van der Waals surface area contributed by atoms with Gasteiger partial charge in [-0.15, -0.1) is 0 Å². The Labute approximate surface area is 148 Å². The fourth-order valence-electron chi connectivity index (χ4n) is 1.98. The Morgan fingerprint density at radius 1 is 1.54 bits per heavy atom. The summed E-state index contributed by atoms with van der Waals surface area (Å²) in [5.74, 6) is -0.744. The van der Waals surface area contributed by atoms with Gasteiger partial charge in [-0.3, -0.25) is 9.78 Å². The minimum Gasteiger partial charge on any atom is -0.502 e. The molecule has 0 radical (unpaired) electrons. The molecule has 1 atom stereocenters. The van der Waals surface area contributed by atoms with Gasteiger partial charge < -0.3 is 14.3 Å². The van der Waals surface area contributed by atoms with Crippen LogP contribution >= 0.6 is 15.9 Å². The third kappa shape index (κ3) is 4.56. The number of hydrogen-bond donors (Lipinski definition) is 3. The van der Waals surface area contributed by atoms with Crippen LogP contribution in [-0.4, -0.2) is 31.0 Å². The van der Waals surface area contributed by atoms with E-state index in [4.69, 9.17) is 9.15 Å². The predicted molar refractivity (Wildman–Crippen MR) is 89.5 cm³/mol. The number of alkyl halides is 1. The van der Waals surface area contributed by atoms with Crippen molar-refractivity contribution in [2.45, 2.75) is 18.2 Å². The third-order valence-electron chi connectivity index (χ3n) is 2.96. The van der Waals surface area contributed by atoms with E-state index >= 15 is 0 Å². The van der Waals surface area contributed by atoms with Gasteiger partial charge in [-0.25, -0.2) is 13.1 Å². The molecule has 0 amide bonds. The van der Waals surface area contributed by atoms with E-state index in [9.17, 15) is 18.3 Å². The third-order valence-corrected chi connectivity index (χ3v) is 4.31. The topological polar surface area (TPSA) is 119 Å². The summed E-state index contributed by atoms with van der Waals surface area (Å²) in [4.78, 5) is 14.8. The zero-order valence-electron chi connectivity index (χ0n) is 12.6. The normalized spacial score (nSPS) is 12.3. The molecule has 0 aliphatic heterocycles. The molecule has 2 aromatic heterocycles. The number of hydrogen-bond acceptors (Lipinski definition) is 7. The second-order valence-electron chi connectivity index (χ2n) is 4.73. The molecule has 0 saturated carbocycles. The first-order valence-electron chi connectivity index (χ1n) is 6.86. The Balaban J connectivity index is 2.36. The zero-order valence-corrected chi connectivity index (χ0v) is 15.0. The number of aromatic hydroxyl groups is 1. The van der Waals surface area contributed by atoms with Gasteiger partial charge in [0.1, 0.15) is 0 Å². The fraction of sp³-hybridized carbons (Fsp3) is 0.286. The van der Waals surface area contributed by atoms with Crippen molar-refractivity contribution in [2.24, 2.45) is 0 Å². The molecule has 0 aromatic carbocycles. The highest BCUT2D eigenvalue weighted by Crippen LogP contribution is 2.47. The van der Waals surface area contributed by atoms with Crippen molar-refractivity contribution in [2.75, 3.05) is 6.54 Å². The van der Waals surface area contributed by atoms with Crippen LogP contribution in [0.15, 0.2) is 28.9 Å². The maximum atomic E-state index is 11.3. The summed E-state index contributed by atoms with van der Waals surface area (Å²) in [5.41, 5.74) is 0.509. The number of pyridine rings is 1. The summed E-state index contributed by atoms with van der Waals surface area (Å²) in [6.07, 6.45) is 3.38. The van der Waals surface area contributed by atoms with E-state index in [0.717, 1.165) is 0 Å². The minimum absolute atomic E-state index is 0.102. The largest absolute Gasteiger partial charge is 0.502 e. The quantitative estimate of drug-likeness (QED) is 0.356. The van der Waals surface area contributed by atoms with Crippen LogP contribution in [-0.2, 0) is 15.7 Å². The molecule has 0 bridgehead atoms. The average Bonchev–Trinajstić information content (AvgIpc) is 2.84. The van der Waals surface area contributed by atoms with Crippen molar-refractivity contribution in [1.29, 1.82) is 0 Å². The molecule has 8 nitrogen and oxygen atoms in total. The van der Waals surface area contributed by atoms with Crippen LogP contribution in [0.2, 0.25) is 0 Å². The lowest BCUT2D eigenvalue weighted by Gasteiger charge is -2.08. The Kier molecular flexibility index (Phi) is 6.35. The molecular weight excluding hydrogens is 404 g/mol. The highest BCUT2D eigenvalue weighted by Gasteiger charge is 2.28. The average molecular weight is 419 g/mol. The number of carbonyl (C=O) groups is 1. The van der Waals surface area contributed by atoms with Gasteiger partial charge in [0.25, 0.3) is 0 Å². The van der Waals surface area contributed by atoms with Crippen LogP contribution in [0, 0.1) is 0 Å². The number of nitrogens with zero attached hydrogens (tertiary/aromatic N) is 1. The molecule has 2 aromatic rings. The number of aromatic nitrogens is 1. The first-order chi connectivity index (χ1) is 11.4. The van der Waals surface area contributed by atoms with Crippen molar-refractivity contribution in [3.05, 3.63) is 30.3 Å². The molecule has 0 fully saturated rings. The summed E-state index contributed by atoms with van der Waals surface area (Å²) < 4.78 is 34.1. The van der Waals surface area contributed by atoms with E-state index in [0.29, 0.717) is 12.0 Å². The number of furan rings is 1. The second kappa shape index (κ2) is 8.27. The monoisotopic (exact) mass is 418 g/mol. The van der Waals surface area contributed by atoms with E-state index in [1.165, 1.54) is 13.1 Å². The van der Waals surface area contributed by atoms with E-state index in [1.54, 1.807) is 18.3 Å². The molecule has 24 heavy (non-hydrogen) atoms. The lowest BCUT2D eigenvalue weighted by Crippen LogP contribution is -2.14. The Morgan fingerprint density at radius 2 is 2.29 bits per heavy atom. The van der Waals surface area contributed by atoms with Crippen molar-refractivity contribution in [1.82, 2.24) is 9.71 Å². The summed E-state index contributed by atoms with van der Waals surface area (Å²) in [6, 6.07) is 3.35. The zero-order chi connectivity index (χ0) is 17.7. The van der Waals surface area contributed by atoms with Crippen LogP contribution in [0.25, 0.3) is 11.3 Å². The van der Waals surface area contributed by atoms with Crippen LogP contribution in [0.4, 0.5) is 0 Å². The molecule has 2 rings (SSSR count). The summed E-state index contributed by atoms with van der Waals surface area (Å²) in [6.45, 7) is 1.35. The van der Waals surface area contributed by atoms with Gasteiger partial charge in [0.15, 0.2) is 11.5 Å². The van der Waals surface area contributed by atoms with Crippen molar-refractivity contribution < 1.29 is 27.5 Å². The number of rotatable bonds is 7. The number of ether oxygens (including phenoxy) is 1.